The Balaban J connectivity index is 0.000000461. The summed E-state index contributed by atoms with van der Waals surface area (Å²) in [5.41, 5.74) is -1.24. The van der Waals surface area contributed by atoms with Crippen molar-refractivity contribution < 1.29 is 13.2 Å². The van der Waals surface area contributed by atoms with Crippen molar-refractivity contribution in [2.75, 3.05) is 0 Å². The second kappa shape index (κ2) is 3.42. The highest BCUT2D eigenvalue weighted by Gasteiger charge is 2.65. The first kappa shape index (κ1) is 11.9. The Labute approximate surface area is 83.9 Å². The molecule has 2 fully saturated rings. The maximum atomic E-state index is 12.4. The highest BCUT2D eigenvalue weighted by atomic mass is 19.4. The van der Waals surface area contributed by atoms with Crippen molar-refractivity contribution in [1.29, 1.82) is 0 Å². The van der Waals surface area contributed by atoms with Crippen molar-refractivity contribution in [1.82, 2.24) is 0 Å². The van der Waals surface area contributed by atoms with Crippen molar-refractivity contribution in [3.8, 4) is 0 Å². The predicted molar refractivity (Wildman–Crippen MR) is 51.0 cm³/mol. The van der Waals surface area contributed by atoms with Crippen molar-refractivity contribution >= 4 is 0 Å². The predicted octanol–water partition coefficient (Wildman–Crippen LogP) is 4.55. The molecule has 0 saturated heterocycles. The Morgan fingerprint density at radius 2 is 1.43 bits per heavy atom. The monoisotopic (exact) mass is 208 g/mol. The summed E-state index contributed by atoms with van der Waals surface area (Å²) in [5.74, 6) is 0. The molecule has 84 valence electrons. The van der Waals surface area contributed by atoms with Gasteiger partial charge in [0.15, 0.2) is 0 Å². The second-order valence-corrected chi connectivity index (χ2v) is 4.77. The molecule has 2 aliphatic carbocycles. The Bertz CT molecular complexity index is 193. The van der Waals surface area contributed by atoms with E-state index in [9.17, 15) is 13.2 Å². The molecule has 0 bridgehead atoms. The van der Waals surface area contributed by atoms with Crippen LogP contribution >= 0.6 is 0 Å². The molecule has 0 aromatic carbocycles. The van der Waals surface area contributed by atoms with E-state index in [2.05, 4.69) is 0 Å². The van der Waals surface area contributed by atoms with Gasteiger partial charge in [-0.05, 0) is 31.1 Å². The number of hydrogen-bond donors (Lipinski definition) is 0. The Morgan fingerprint density at radius 1 is 1.00 bits per heavy atom. The summed E-state index contributed by atoms with van der Waals surface area (Å²) in [7, 11) is 0. The van der Waals surface area contributed by atoms with Gasteiger partial charge in [0, 0.05) is 0 Å². The SMILES string of the molecule is CC.CC1(C(F)(F)F)CC2(CCC2)C1. The van der Waals surface area contributed by atoms with Gasteiger partial charge in [0.25, 0.3) is 0 Å². The van der Waals surface area contributed by atoms with Crippen molar-refractivity contribution in [3.05, 3.63) is 0 Å². The van der Waals surface area contributed by atoms with Crippen LogP contribution in [0.2, 0.25) is 0 Å². The summed E-state index contributed by atoms with van der Waals surface area (Å²) in [6.45, 7) is 5.36. The molecule has 2 rings (SSSR count). The maximum absolute atomic E-state index is 12.4. The third-order valence-electron chi connectivity index (χ3n) is 3.63. The molecule has 1 spiro atoms. The quantitative estimate of drug-likeness (QED) is 0.548. The third kappa shape index (κ3) is 1.66. The van der Waals surface area contributed by atoms with Crippen LogP contribution in [0.4, 0.5) is 13.2 Å². The zero-order valence-electron chi connectivity index (χ0n) is 9.17. The highest BCUT2D eigenvalue weighted by Crippen LogP contribution is 2.68. The van der Waals surface area contributed by atoms with Crippen LogP contribution in [0.3, 0.4) is 0 Å². The summed E-state index contributed by atoms with van der Waals surface area (Å²) in [6, 6.07) is 0. The van der Waals surface area contributed by atoms with E-state index in [1.54, 1.807) is 0 Å². The summed E-state index contributed by atoms with van der Waals surface area (Å²) >= 11 is 0. The molecule has 0 heterocycles. The van der Waals surface area contributed by atoms with E-state index in [1.807, 2.05) is 13.8 Å². The van der Waals surface area contributed by atoms with Crippen LogP contribution in [0, 0.1) is 10.8 Å². The Morgan fingerprint density at radius 3 is 1.64 bits per heavy atom. The minimum Gasteiger partial charge on any atom is -0.171 e. The fourth-order valence-electron chi connectivity index (χ4n) is 2.83. The molecular formula is C11H19F3. The lowest BCUT2D eigenvalue weighted by molar-refractivity contribution is -0.286. The van der Waals surface area contributed by atoms with Crippen LogP contribution in [0.1, 0.15) is 52.9 Å². The van der Waals surface area contributed by atoms with Crippen LogP contribution in [-0.2, 0) is 0 Å². The first-order chi connectivity index (χ1) is 6.37. The lowest BCUT2D eigenvalue weighted by Gasteiger charge is -2.60. The maximum Gasteiger partial charge on any atom is 0.394 e. The van der Waals surface area contributed by atoms with Crippen LogP contribution in [-0.4, -0.2) is 6.18 Å². The van der Waals surface area contributed by atoms with E-state index in [0.717, 1.165) is 19.3 Å². The average Bonchev–Trinajstić information content (AvgIpc) is 1.97. The molecule has 0 atom stereocenters. The van der Waals surface area contributed by atoms with Crippen LogP contribution in [0.25, 0.3) is 0 Å². The molecule has 2 aliphatic rings. The standard InChI is InChI=1S/C9H13F3.C2H6/c1-7(9(10,11)12)5-8(6-7)3-2-4-8;1-2/h2-6H2,1H3;1-2H3. The fourth-order valence-corrected chi connectivity index (χ4v) is 2.83. The van der Waals surface area contributed by atoms with Crippen molar-refractivity contribution in [3.63, 3.8) is 0 Å². The lowest BCUT2D eigenvalue weighted by atomic mass is 9.45. The molecule has 0 aromatic heterocycles. The van der Waals surface area contributed by atoms with Crippen LogP contribution < -0.4 is 0 Å². The van der Waals surface area contributed by atoms with E-state index in [1.165, 1.54) is 6.92 Å². The van der Waals surface area contributed by atoms with Gasteiger partial charge in [-0.15, -0.1) is 0 Å². The molecule has 0 unspecified atom stereocenters. The van der Waals surface area contributed by atoms with E-state index >= 15 is 0 Å². The van der Waals surface area contributed by atoms with Gasteiger partial charge in [0.1, 0.15) is 0 Å². The average molecular weight is 208 g/mol. The zero-order chi connectivity index (χ0) is 11.0. The molecule has 0 radical (unpaired) electrons. The first-order valence-corrected chi connectivity index (χ1v) is 5.44. The largest absolute Gasteiger partial charge is 0.394 e. The minimum atomic E-state index is -3.98. The number of hydrogen-bond acceptors (Lipinski definition) is 0. The Kier molecular flexibility index (Phi) is 2.90. The minimum absolute atomic E-state index is 0.115. The molecule has 0 amide bonds. The number of rotatable bonds is 0. The molecular weight excluding hydrogens is 189 g/mol. The molecule has 2 saturated carbocycles. The number of halogens is 3. The third-order valence-corrected chi connectivity index (χ3v) is 3.63. The molecule has 0 aromatic rings. The normalized spacial score (nSPS) is 27.0. The number of alkyl halides is 3. The summed E-state index contributed by atoms with van der Waals surface area (Å²) in [5, 5.41) is 0. The van der Waals surface area contributed by atoms with Gasteiger partial charge in [0.2, 0.25) is 0 Å². The zero-order valence-corrected chi connectivity index (χ0v) is 9.17. The summed E-state index contributed by atoms with van der Waals surface area (Å²) < 4.78 is 37.2. The molecule has 3 heteroatoms. The van der Waals surface area contributed by atoms with Gasteiger partial charge >= 0.3 is 6.18 Å². The topological polar surface area (TPSA) is 0 Å². The van der Waals surface area contributed by atoms with Gasteiger partial charge in [-0.3, -0.25) is 0 Å². The van der Waals surface area contributed by atoms with Crippen molar-refractivity contribution in [2.45, 2.75) is 59.1 Å². The van der Waals surface area contributed by atoms with Gasteiger partial charge in [-0.1, -0.05) is 27.2 Å². The van der Waals surface area contributed by atoms with E-state index in [4.69, 9.17) is 0 Å². The van der Waals surface area contributed by atoms with Crippen molar-refractivity contribution in [2.24, 2.45) is 10.8 Å². The summed E-state index contributed by atoms with van der Waals surface area (Å²) in [6.07, 6.45) is -0.0356. The first-order valence-electron chi connectivity index (χ1n) is 5.44. The van der Waals surface area contributed by atoms with Gasteiger partial charge in [-0.2, -0.15) is 13.2 Å². The van der Waals surface area contributed by atoms with Crippen LogP contribution in [0.15, 0.2) is 0 Å². The smallest absolute Gasteiger partial charge is 0.171 e. The van der Waals surface area contributed by atoms with E-state index in [0.29, 0.717) is 12.8 Å². The van der Waals surface area contributed by atoms with E-state index < -0.39 is 11.6 Å². The lowest BCUT2D eigenvalue weighted by Crippen LogP contribution is -2.55. The highest BCUT2D eigenvalue weighted by molar-refractivity contribution is 5.07. The second-order valence-electron chi connectivity index (χ2n) is 4.77. The summed E-state index contributed by atoms with van der Waals surface area (Å²) in [4.78, 5) is 0. The Hall–Kier alpha value is -0.210. The molecule has 14 heavy (non-hydrogen) atoms. The van der Waals surface area contributed by atoms with Gasteiger partial charge < -0.3 is 0 Å². The molecule has 0 N–H and O–H groups in total. The fraction of sp³-hybridized carbons (Fsp3) is 1.00. The molecule has 0 aliphatic heterocycles. The molecule has 0 nitrogen and oxygen atoms in total. The van der Waals surface area contributed by atoms with Crippen LogP contribution in [0.5, 0.6) is 0 Å². The van der Waals surface area contributed by atoms with E-state index in [-0.39, 0.29) is 5.41 Å². The van der Waals surface area contributed by atoms with Gasteiger partial charge in [0.05, 0.1) is 5.41 Å². The van der Waals surface area contributed by atoms with Gasteiger partial charge in [-0.25, -0.2) is 0 Å².